The van der Waals surface area contributed by atoms with Gasteiger partial charge >= 0.3 is 6.03 Å². The Morgan fingerprint density at radius 2 is 1.96 bits per heavy atom. The fraction of sp³-hybridized carbons (Fsp3) is 0.167. The van der Waals surface area contributed by atoms with Crippen LogP contribution in [0.5, 0.6) is 0 Å². The molecule has 0 fully saturated rings. The number of aryl methyl sites for hydroxylation is 1. The van der Waals surface area contributed by atoms with E-state index in [1.54, 1.807) is 24.3 Å². The van der Waals surface area contributed by atoms with Gasteiger partial charge in [-0.2, -0.15) is 0 Å². The number of aromatic nitrogens is 2. The second-order valence-corrected chi connectivity index (χ2v) is 5.94. The number of rotatable bonds is 5. The number of urea groups is 1. The predicted molar refractivity (Wildman–Crippen MR) is 96.6 cm³/mol. The molecule has 2 amide bonds. The first-order chi connectivity index (χ1) is 12.1. The van der Waals surface area contributed by atoms with Crippen LogP contribution >= 0.6 is 11.6 Å². The summed E-state index contributed by atoms with van der Waals surface area (Å²) in [5.74, 6) is 0.942. The number of carbonyl (C=O) groups excluding carboxylic acids is 1. The second kappa shape index (κ2) is 7.81. The van der Waals surface area contributed by atoms with Crippen molar-refractivity contribution in [3.05, 3.63) is 65.0 Å². The van der Waals surface area contributed by atoms with Crippen molar-refractivity contribution in [2.24, 2.45) is 0 Å². The van der Waals surface area contributed by atoms with Gasteiger partial charge in [0.25, 0.3) is 0 Å². The van der Waals surface area contributed by atoms with Crippen molar-refractivity contribution >= 4 is 23.3 Å². The number of nitrogens with one attached hydrogen (secondary N) is 2. The number of anilines is 1. The summed E-state index contributed by atoms with van der Waals surface area (Å²) in [6.45, 7) is 2.39. The van der Waals surface area contributed by atoms with Crippen molar-refractivity contribution in [2.45, 2.75) is 13.3 Å². The smallest absolute Gasteiger partial charge is 0.319 e. The Morgan fingerprint density at radius 3 is 2.72 bits per heavy atom. The molecule has 0 aliphatic carbocycles. The van der Waals surface area contributed by atoms with Crippen LogP contribution in [-0.4, -0.2) is 22.8 Å². The van der Waals surface area contributed by atoms with Gasteiger partial charge in [0, 0.05) is 29.2 Å². The number of hydrogen-bond donors (Lipinski definition) is 2. The van der Waals surface area contributed by atoms with Gasteiger partial charge < -0.3 is 15.1 Å². The second-order valence-electron chi connectivity index (χ2n) is 5.51. The van der Waals surface area contributed by atoms with Crippen LogP contribution in [0.2, 0.25) is 5.02 Å². The summed E-state index contributed by atoms with van der Waals surface area (Å²) >= 11 is 5.87. The molecule has 7 heteroatoms. The molecule has 128 valence electrons. The van der Waals surface area contributed by atoms with Gasteiger partial charge in [0.1, 0.15) is 0 Å². The van der Waals surface area contributed by atoms with Crippen LogP contribution in [0, 0.1) is 6.92 Å². The molecular formula is C18H17ClN4O2. The minimum absolute atomic E-state index is 0.319. The van der Waals surface area contributed by atoms with Crippen molar-refractivity contribution in [1.29, 1.82) is 0 Å². The highest BCUT2D eigenvalue weighted by molar-refractivity contribution is 6.30. The first kappa shape index (κ1) is 17.0. The fourth-order valence-electron chi connectivity index (χ4n) is 2.19. The quantitative estimate of drug-likeness (QED) is 0.722. The summed E-state index contributed by atoms with van der Waals surface area (Å²) in [5.41, 5.74) is 2.67. The predicted octanol–water partition coefficient (Wildman–Crippen LogP) is 4.06. The van der Waals surface area contributed by atoms with Crippen LogP contribution < -0.4 is 10.6 Å². The Morgan fingerprint density at radius 1 is 1.16 bits per heavy atom. The molecule has 0 unspecified atom stereocenters. The molecule has 0 spiro atoms. The minimum Gasteiger partial charge on any atom is -0.421 e. The zero-order chi connectivity index (χ0) is 17.6. The lowest BCUT2D eigenvalue weighted by molar-refractivity contribution is 0.252. The molecule has 1 aromatic heterocycles. The van der Waals surface area contributed by atoms with Gasteiger partial charge in [-0.1, -0.05) is 35.4 Å². The summed E-state index contributed by atoms with van der Waals surface area (Å²) < 4.78 is 5.61. The van der Waals surface area contributed by atoms with E-state index in [1.807, 2.05) is 31.2 Å². The SMILES string of the molecule is Cc1ccc(-c2nnc(CCNC(=O)Nc3cccc(Cl)c3)o2)cc1. The molecule has 6 nitrogen and oxygen atoms in total. The fourth-order valence-corrected chi connectivity index (χ4v) is 2.38. The molecule has 0 aliphatic heterocycles. The van der Waals surface area contributed by atoms with E-state index in [9.17, 15) is 4.79 Å². The Bertz CT molecular complexity index is 862. The Hall–Kier alpha value is -2.86. The Balaban J connectivity index is 1.49. The summed E-state index contributed by atoms with van der Waals surface area (Å²) in [4.78, 5) is 11.8. The highest BCUT2D eigenvalue weighted by Gasteiger charge is 2.09. The van der Waals surface area contributed by atoms with Gasteiger partial charge in [-0.3, -0.25) is 0 Å². The molecule has 0 radical (unpaired) electrons. The number of amides is 2. The minimum atomic E-state index is -0.319. The maximum atomic E-state index is 11.8. The first-order valence-electron chi connectivity index (χ1n) is 7.80. The zero-order valence-corrected chi connectivity index (χ0v) is 14.4. The van der Waals surface area contributed by atoms with Gasteiger partial charge in [-0.15, -0.1) is 10.2 Å². The van der Waals surface area contributed by atoms with Crippen LogP contribution in [0.1, 0.15) is 11.5 Å². The third-order valence-electron chi connectivity index (χ3n) is 3.47. The average molecular weight is 357 g/mol. The number of hydrogen-bond acceptors (Lipinski definition) is 4. The van der Waals surface area contributed by atoms with Crippen molar-refractivity contribution < 1.29 is 9.21 Å². The number of halogens is 1. The van der Waals surface area contributed by atoms with E-state index in [0.717, 1.165) is 5.56 Å². The van der Waals surface area contributed by atoms with Crippen molar-refractivity contribution in [3.63, 3.8) is 0 Å². The molecule has 0 atom stereocenters. The van der Waals surface area contributed by atoms with E-state index < -0.39 is 0 Å². The summed E-state index contributed by atoms with van der Waals surface area (Å²) in [6.07, 6.45) is 0.446. The third-order valence-corrected chi connectivity index (χ3v) is 3.71. The van der Waals surface area contributed by atoms with Crippen LogP contribution in [0.15, 0.2) is 52.9 Å². The lowest BCUT2D eigenvalue weighted by Crippen LogP contribution is -2.30. The topological polar surface area (TPSA) is 80.0 Å². The number of benzene rings is 2. The maximum Gasteiger partial charge on any atom is 0.319 e. The highest BCUT2D eigenvalue weighted by Crippen LogP contribution is 2.18. The standard InChI is InChI=1S/C18H17ClN4O2/c1-12-5-7-13(8-6-12)17-23-22-16(25-17)9-10-20-18(24)21-15-4-2-3-14(19)11-15/h2-8,11H,9-10H2,1H3,(H2,20,21,24). The van der Waals surface area contributed by atoms with E-state index in [0.29, 0.717) is 35.5 Å². The van der Waals surface area contributed by atoms with Gasteiger partial charge in [0.05, 0.1) is 0 Å². The molecule has 0 bridgehead atoms. The van der Waals surface area contributed by atoms with Crippen molar-refractivity contribution in [3.8, 4) is 11.5 Å². The van der Waals surface area contributed by atoms with E-state index in [2.05, 4.69) is 20.8 Å². The molecule has 3 rings (SSSR count). The van der Waals surface area contributed by atoms with Crippen molar-refractivity contribution in [2.75, 3.05) is 11.9 Å². The first-order valence-corrected chi connectivity index (χ1v) is 8.18. The maximum absolute atomic E-state index is 11.8. The lowest BCUT2D eigenvalue weighted by Gasteiger charge is -2.06. The van der Waals surface area contributed by atoms with E-state index in [4.69, 9.17) is 16.0 Å². The average Bonchev–Trinajstić information content (AvgIpc) is 3.04. The third kappa shape index (κ3) is 4.81. The Kier molecular flexibility index (Phi) is 5.30. The molecule has 1 heterocycles. The van der Waals surface area contributed by atoms with Crippen LogP contribution in [0.25, 0.3) is 11.5 Å². The molecule has 2 N–H and O–H groups in total. The number of nitrogens with zero attached hydrogens (tertiary/aromatic N) is 2. The normalized spacial score (nSPS) is 10.5. The summed E-state index contributed by atoms with van der Waals surface area (Å²) in [5, 5.41) is 14.0. The summed E-state index contributed by atoms with van der Waals surface area (Å²) in [7, 11) is 0. The molecule has 0 saturated carbocycles. The molecule has 2 aromatic carbocycles. The largest absolute Gasteiger partial charge is 0.421 e. The van der Waals surface area contributed by atoms with Gasteiger partial charge in [0.15, 0.2) is 0 Å². The van der Waals surface area contributed by atoms with Crippen LogP contribution in [0.3, 0.4) is 0 Å². The van der Waals surface area contributed by atoms with E-state index >= 15 is 0 Å². The van der Waals surface area contributed by atoms with E-state index in [1.165, 1.54) is 5.56 Å². The van der Waals surface area contributed by atoms with Gasteiger partial charge in [-0.25, -0.2) is 4.79 Å². The van der Waals surface area contributed by atoms with Crippen LogP contribution in [-0.2, 0) is 6.42 Å². The number of carbonyl (C=O) groups is 1. The van der Waals surface area contributed by atoms with Crippen molar-refractivity contribution in [1.82, 2.24) is 15.5 Å². The monoisotopic (exact) mass is 356 g/mol. The molecule has 25 heavy (non-hydrogen) atoms. The lowest BCUT2D eigenvalue weighted by atomic mass is 10.1. The molecule has 0 saturated heterocycles. The zero-order valence-electron chi connectivity index (χ0n) is 13.6. The Labute approximate surface area is 150 Å². The van der Waals surface area contributed by atoms with Gasteiger partial charge in [-0.05, 0) is 37.3 Å². The summed E-state index contributed by atoms with van der Waals surface area (Å²) in [6, 6.07) is 14.5. The highest BCUT2D eigenvalue weighted by atomic mass is 35.5. The van der Waals surface area contributed by atoms with Gasteiger partial charge in [0.2, 0.25) is 11.8 Å². The molecule has 3 aromatic rings. The molecule has 0 aliphatic rings. The molecular weight excluding hydrogens is 340 g/mol. The van der Waals surface area contributed by atoms with Crippen LogP contribution in [0.4, 0.5) is 10.5 Å². The van der Waals surface area contributed by atoms with E-state index in [-0.39, 0.29) is 6.03 Å².